The molecule has 0 aromatic rings. The highest BCUT2D eigenvalue weighted by Gasteiger charge is 2.60. The predicted molar refractivity (Wildman–Crippen MR) is 259 cm³/mol. The minimum Gasteiger partial charge on any atom is -0.462 e. The van der Waals surface area contributed by atoms with Gasteiger partial charge in [0.15, 0.2) is 24.7 Å². The first-order valence-corrected chi connectivity index (χ1v) is 26.2. The third-order valence-electron chi connectivity index (χ3n) is 16.6. The highest BCUT2D eigenvalue weighted by atomic mass is 16.8. The quantitative estimate of drug-likeness (QED) is 0.152. The molecule has 5 N–H and O–H groups in total. The largest absolute Gasteiger partial charge is 0.462 e. The summed E-state index contributed by atoms with van der Waals surface area (Å²) in [6.07, 6.45) is 1.16. The van der Waals surface area contributed by atoms with Crippen LogP contribution in [0.25, 0.3) is 0 Å². The molecule has 72 heavy (non-hydrogen) atoms. The standard InChI is InChI=1S/C54H82O18/c1-12-26(2)47-29(5)18-19-53(72-47)24-36-21-35(71-53)17-16-28(4)46(27(3)14-13-15-34-25-63-50-42(55)30(6)20-37(51(59)67-36)54(34,50)60)68-40-22-38(61-10)48(32(8)64-40)69-41-23-39(62-11)49(33(9)65-41)70-52-45(58)44(57)43(56)31(7)66-52/h13-16,18-20,26-27,29,31-33,35-50,52,55-58,60H,12,17,21-25H2,1-11H3. The molecule has 0 radical (unpaired) electrons. The summed E-state index contributed by atoms with van der Waals surface area (Å²) in [5.41, 5.74) is 0.0322. The molecule has 8 aliphatic rings. The van der Waals surface area contributed by atoms with Crippen LogP contribution < -0.4 is 0 Å². The van der Waals surface area contributed by atoms with Crippen LogP contribution in [0.3, 0.4) is 0 Å². The van der Waals surface area contributed by atoms with Gasteiger partial charge in [-0.05, 0) is 69.8 Å². The van der Waals surface area contributed by atoms with Crippen molar-refractivity contribution < 1.29 is 87.2 Å². The Morgan fingerprint density at radius 3 is 2.11 bits per heavy atom. The van der Waals surface area contributed by atoms with Crippen LogP contribution in [-0.4, -0.2) is 180 Å². The SMILES string of the molecule is CCC(C)C1OC2(C=CC1C)CC1CC(CC=C(C)C(OC3CC(OC)C(OC4CC(OC)C(OC5OC(C)C(O)C(O)C5O)C(C)O4)C(C)O3)C(C)C=CC=C3COC4C(O)C(C)=CC(C(=O)O1)C34O)O2. The van der Waals surface area contributed by atoms with Crippen LogP contribution in [0.4, 0.5) is 0 Å². The average Bonchev–Trinajstić information content (AvgIpc) is 3.69. The van der Waals surface area contributed by atoms with Crippen LogP contribution in [0.15, 0.2) is 59.3 Å². The minimum absolute atomic E-state index is 0.00734. The first-order chi connectivity index (χ1) is 34.2. The molecule has 25 unspecified atom stereocenters. The maximum Gasteiger partial charge on any atom is 0.316 e. The number of fused-ring (bicyclic) bond motifs is 2. The molecule has 5 saturated heterocycles. The summed E-state index contributed by atoms with van der Waals surface area (Å²) in [4.78, 5) is 14.4. The fourth-order valence-electron chi connectivity index (χ4n) is 12.0. The van der Waals surface area contributed by atoms with Gasteiger partial charge in [0.25, 0.3) is 0 Å². The van der Waals surface area contributed by atoms with Crippen LogP contribution in [0.2, 0.25) is 0 Å². The van der Waals surface area contributed by atoms with E-state index in [1.54, 1.807) is 47.1 Å². The van der Waals surface area contributed by atoms with Crippen LogP contribution >= 0.6 is 0 Å². The molecule has 0 aromatic heterocycles. The van der Waals surface area contributed by atoms with E-state index in [9.17, 15) is 30.3 Å². The van der Waals surface area contributed by atoms with Crippen LogP contribution in [0, 0.1) is 23.7 Å². The Hall–Kier alpha value is -2.47. The number of carbonyl (C=O) groups excluding carboxylic acids is 1. The van der Waals surface area contributed by atoms with Gasteiger partial charge in [-0.25, -0.2) is 0 Å². The van der Waals surface area contributed by atoms with Gasteiger partial charge >= 0.3 is 5.97 Å². The Morgan fingerprint density at radius 2 is 1.44 bits per heavy atom. The van der Waals surface area contributed by atoms with E-state index in [0.717, 1.165) is 12.0 Å². The van der Waals surface area contributed by atoms with Crippen molar-refractivity contribution >= 4 is 5.97 Å². The van der Waals surface area contributed by atoms with E-state index in [-0.39, 0.29) is 43.3 Å². The molecule has 406 valence electrons. The normalized spacial score (nSPS) is 48.6. The van der Waals surface area contributed by atoms with E-state index in [1.807, 2.05) is 39.0 Å². The molecular weight excluding hydrogens is 937 g/mol. The first-order valence-electron chi connectivity index (χ1n) is 26.2. The second kappa shape index (κ2) is 23.0. The third kappa shape index (κ3) is 11.3. The number of esters is 1. The van der Waals surface area contributed by atoms with Gasteiger partial charge in [0.2, 0.25) is 0 Å². The van der Waals surface area contributed by atoms with Crippen molar-refractivity contribution in [3.63, 3.8) is 0 Å². The molecule has 8 rings (SSSR count). The van der Waals surface area contributed by atoms with Crippen LogP contribution in [0.1, 0.15) is 101 Å². The Balaban J connectivity index is 1.02. The Morgan fingerprint density at radius 1 is 0.778 bits per heavy atom. The molecule has 0 saturated carbocycles. The lowest BCUT2D eigenvalue weighted by atomic mass is 9.71. The number of hydrogen-bond acceptors (Lipinski definition) is 18. The molecule has 5 fully saturated rings. The van der Waals surface area contributed by atoms with Gasteiger partial charge in [-0.3, -0.25) is 4.79 Å². The van der Waals surface area contributed by atoms with Gasteiger partial charge in [0, 0.05) is 51.7 Å². The summed E-state index contributed by atoms with van der Waals surface area (Å²) in [5, 5.41) is 55.1. The number of ether oxygens (including phenoxy) is 12. The van der Waals surface area contributed by atoms with E-state index in [4.69, 9.17) is 56.8 Å². The fraction of sp³-hybridized carbons (Fsp3) is 0.796. The zero-order valence-corrected chi connectivity index (χ0v) is 43.8. The molecule has 0 aromatic carbocycles. The fourth-order valence-corrected chi connectivity index (χ4v) is 12.0. The smallest absolute Gasteiger partial charge is 0.316 e. The lowest BCUT2D eigenvalue weighted by Gasteiger charge is -2.48. The van der Waals surface area contributed by atoms with Crippen molar-refractivity contribution in [2.24, 2.45) is 23.7 Å². The molecule has 7 aliphatic heterocycles. The molecular formula is C54H82O18. The number of hydrogen-bond donors (Lipinski definition) is 5. The number of aliphatic hydroxyl groups is 5. The van der Waals surface area contributed by atoms with Gasteiger partial charge in [0.05, 0.1) is 55.4 Å². The van der Waals surface area contributed by atoms with Crippen molar-refractivity contribution in [1.29, 1.82) is 0 Å². The maximum absolute atomic E-state index is 14.4. The van der Waals surface area contributed by atoms with E-state index in [2.05, 4.69) is 32.9 Å². The third-order valence-corrected chi connectivity index (χ3v) is 16.6. The zero-order valence-electron chi connectivity index (χ0n) is 43.8. The highest BCUT2D eigenvalue weighted by Crippen LogP contribution is 2.47. The first kappa shape index (κ1) is 55.8. The predicted octanol–water partition coefficient (Wildman–Crippen LogP) is 4.23. The van der Waals surface area contributed by atoms with E-state index in [0.29, 0.717) is 30.4 Å². The van der Waals surface area contributed by atoms with Crippen molar-refractivity contribution in [1.82, 2.24) is 0 Å². The second-order valence-corrected chi connectivity index (χ2v) is 21.7. The molecule has 7 heterocycles. The van der Waals surface area contributed by atoms with Crippen molar-refractivity contribution in [3.05, 3.63) is 59.3 Å². The summed E-state index contributed by atoms with van der Waals surface area (Å²) in [7, 11) is 3.17. The van der Waals surface area contributed by atoms with Gasteiger partial charge in [-0.15, -0.1) is 0 Å². The van der Waals surface area contributed by atoms with E-state index in [1.165, 1.54) is 0 Å². The molecule has 18 heteroatoms. The van der Waals surface area contributed by atoms with Gasteiger partial charge < -0.3 is 82.4 Å². The topological polar surface area (TPSA) is 229 Å². The molecule has 25 atom stereocenters. The molecule has 0 amide bonds. The number of methoxy groups -OCH3 is 2. The van der Waals surface area contributed by atoms with Crippen molar-refractivity contribution in [2.45, 2.75) is 229 Å². The summed E-state index contributed by atoms with van der Waals surface area (Å²) in [5.74, 6) is -2.73. The lowest BCUT2D eigenvalue weighted by molar-refractivity contribution is -0.350. The Kier molecular flexibility index (Phi) is 17.8. The van der Waals surface area contributed by atoms with Crippen LogP contribution in [0.5, 0.6) is 0 Å². The number of allylic oxidation sites excluding steroid dienone is 2. The zero-order chi connectivity index (χ0) is 52.0. The Bertz CT molecular complexity index is 2020. The number of aliphatic hydroxyl groups excluding tert-OH is 4. The average molecular weight is 1020 g/mol. The van der Waals surface area contributed by atoms with Crippen LogP contribution in [-0.2, 0) is 61.6 Å². The number of carbonyl (C=O) groups is 1. The Labute approximate surface area is 424 Å². The summed E-state index contributed by atoms with van der Waals surface area (Å²) in [6, 6.07) is 0. The van der Waals surface area contributed by atoms with Gasteiger partial charge in [-0.2, -0.15) is 0 Å². The second-order valence-electron chi connectivity index (χ2n) is 21.7. The van der Waals surface area contributed by atoms with Crippen molar-refractivity contribution in [2.75, 3.05) is 20.8 Å². The minimum atomic E-state index is -1.87. The van der Waals surface area contributed by atoms with E-state index < -0.39 is 134 Å². The van der Waals surface area contributed by atoms with Gasteiger partial charge in [-0.1, -0.05) is 70.6 Å². The lowest BCUT2D eigenvalue weighted by Crippen LogP contribution is -2.61. The van der Waals surface area contributed by atoms with E-state index >= 15 is 0 Å². The van der Waals surface area contributed by atoms with Gasteiger partial charge in [0.1, 0.15) is 60.4 Å². The summed E-state index contributed by atoms with van der Waals surface area (Å²) < 4.78 is 76.6. The monoisotopic (exact) mass is 1020 g/mol. The maximum atomic E-state index is 14.4. The highest BCUT2D eigenvalue weighted by molar-refractivity contribution is 5.78. The molecule has 1 spiro atoms. The molecule has 2 bridgehead atoms. The molecule has 1 aliphatic carbocycles. The van der Waals surface area contributed by atoms with Crippen molar-refractivity contribution in [3.8, 4) is 0 Å². The summed E-state index contributed by atoms with van der Waals surface area (Å²) in [6.45, 7) is 17.6. The number of rotatable bonds is 10. The molecule has 18 nitrogen and oxygen atoms in total. The summed E-state index contributed by atoms with van der Waals surface area (Å²) >= 11 is 0.